The maximum atomic E-state index is 6.01. The molecule has 1 aromatic carbocycles. The maximum Gasteiger partial charge on any atom is 0.150 e. The Labute approximate surface area is 112 Å². The van der Waals surface area contributed by atoms with Gasteiger partial charge in [0.2, 0.25) is 0 Å². The Morgan fingerprint density at radius 1 is 1.32 bits per heavy atom. The minimum absolute atomic E-state index is 0.159. The van der Waals surface area contributed by atoms with E-state index in [4.69, 9.17) is 9.26 Å². The molecule has 1 aromatic heterocycles. The SMILES string of the molecule is CC1(C)CC(NCc2ccno2)c2ccccc2O1. The molecule has 1 aliphatic heterocycles. The predicted molar refractivity (Wildman–Crippen MR) is 71.8 cm³/mol. The molecule has 4 nitrogen and oxygen atoms in total. The number of hydrogen-bond donors (Lipinski definition) is 1. The topological polar surface area (TPSA) is 47.3 Å². The van der Waals surface area contributed by atoms with Crippen LogP contribution in [-0.4, -0.2) is 10.8 Å². The second-order valence-corrected chi connectivity index (χ2v) is 5.52. The van der Waals surface area contributed by atoms with E-state index in [0.29, 0.717) is 6.54 Å². The Balaban J connectivity index is 1.80. The van der Waals surface area contributed by atoms with Gasteiger partial charge in [0.1, 0.15) is 17.1 Å². The van der Waals surface area contributed by atoms with Crippen LogP contribution in [0.4, 0.5) is 0 Å². The summed E-state index contributed by atoms with van der Waals surface area (Å²) in [5.74, 6) is 1.82. The number of fused-ring (bicyclic) bond motifs is 1. The van der Waals surface area contributed by atoms with Crippen molar-refractivity contribution in [1.82, 2.24) is 10.5 Å². The third-order valence-corrected chi connectivity index (χ3v) is 3.39. The van der Waals surface area contributed by atoms with Gasteiger partial charge in [-0.2, -0.15) is 0 Å². The van der Waals surface area contributed by atoms with E-state index in [1.807, 2.05) is 24.3 Å². The van der Waals surface area contributed by atoms with Crippen molar-refractivity contribution in [3.63, 3.8) is 0 Å². The standard InChI is InChI=1S/C15H18N2O2/c1-15(2)9-13(16-10-11-7-8-17-19-11)12-5-3-4-6-14(12)18-15/h3-8,13,16H,9-10H2,1-2H3. The van der Waals surface area contributed by atoms with Crippen molar-refractivity contribution in [3.8, 4) is 5.75 Å². The van der Waals surface area contributed by atoms with Gasteiger partial charge in [0.15, 0.2) is 0 Å². The number of aromatic nitrogens is 1. The monoisotopic (exact) mass is 258 g/mol. The number of rotatable bonds is 3. The molecule has 1 N–H and O–H groups in total. The zero-order valence-corrected chi connectivity index (χ0v) is 11.2. The lowest BCUT2D eigenvalue weighted by atomic mass is 9.89. The van der Waals surface area contributed by atoms with Crippen LogP contribution in [0.15, 0.2) is 41.1 Å². The van der Waals surface area contributed by atoms with E-state index in [9.17, 15) is 0 Å². The van der Waals surface area contributed by atoms with Crippen LogP contribution in [0, 0.1) is 0 Å². The minimum Gasteiger partial charge on any atom is -0.487 e. The molecule has 19 heavy (non-hydrogen) atoms. The third-order valence-electron chi connectivity index (χ3n) is 3.39. The molecular formula is C15H18N2O2. The van der Waals surface area contributed by atoms with Crippen molar-refractivity contribution in [1.29, 1.82) is 0 Å². The first-order valence-electron chi connectivity index (χ1n) is 6.55. The summed E-state index contributed by atoms with van der Waals surface area (Å²) in [5, 5.41) is 7.24. The molecule has 1 atom stereocenters. The molecule has 0 aliphatic carbocycles. The number of hydrogen-bond acceptors (Lipinski definition) is 4. The highest BCUT2D eigenvalue weighted by atomic mass is 16.5. The van der Waals surface area contributed by atoms with Gasteiger partial charge in [-0.1, -0.05) is 23.4 Å². The normalized spacial score (nSPS) is 20.6. The first-order chi connectivity index (χ1) is 9.14. The molecule has 0 amide bonds. The van der Waals surface area contributed by atoms with E-state index in [1.165, 1.54) is 5.56 Å². The van der Waals surface area contributed by atoms with Crippen LogP contribution in [-0.2, 0) is 6.54 Å². The first-order valence-corrected chi connectivity index (χ1v) is 6.55. The molecule has 0 fully saturated rings. The molecule has 2 heterocycles. The summed E-state index contributed by atoms with van der Waals surface area (Å²) < 4.78 is 11.1. The lowest BCUT2D eigenvalue weighted by molar-refractivity contribution is 0.0652. The van der Waals surface area contributed by atoms with Gasteiger partial charge in [-0.25, -0.2) is 0 Å². The molecule has 4 heteroatoms. The molecule has 100 valence electrons. The van der Waals surface area contributed by atoms with Gasteiger partial charge in [0.25, 0.3) is 0 Å². The summed E-state index contributed by atoms with van der Waals surface area (Å²) in [6, 6.07) is 10.3. The molecular weight excluding hydrogens is 240 g/mol. The lowest BCUT2D eigenvalue weighted by Crippen LogP contribution is -2.39. The first kappa shape index (κ1) is 12.2. The number of nitrogens with zero attached hydrogens (tertiary/aromatic N) is 1. The van der Waals surface area contributed by atoms with Crippen molar-refractivity contribution in [2.45, 2.75) is 38.5 Å². The zero-order chi connectivity index (χ0) is 13.3. The van der Waals surface area contributed by atoms with Crippen LogP contribution >= 0.6 is 0 Å². The Bertz CT molecular complexity index is 549. The lowest BCUT2D eigenvalue weighted by Gasteiger charge is -2.37. The largest absolute Gasteiger partial charge is 0.487 e. The van der Waals surface area contributed by atoms with Crippen molar-refractivity contribution >= 4 is 0 Å². The average molecular weight is 258 g/mol. The van der Waals surface area contributed by atoms with Crippen LogP contribution in [0.1, 0.15) is 37.6 Å². The fourth-order valence-corrected chi connectivity index (χ4v) is 2.54. The molecule has 1 unspecified atom stereocenters. The minimum atomic E-state index is -0.159. The number of benzene rings is 1. The third kappa shape index (κ3) is 2.63. The Morgan fingerprint density at radius 2 is 2.16 bits per heavy atom. The Hall–Kier alpha value is -1.81. The fourth-order valence-electron chi connectivity index (χ4n) is 2.54. The smallest absolute Gasteiger partial charge is 0.150 e. The summed E-state index contributed by atoms with van der Waals surface area (Å²) in [7, 11) is 0. The van der Waals surface area contributed by atoms with Gasteiger partial charge >= 0.3 is 0 Å². The van der Waals surface area contributed by atoms with E-state index >= 15 is 0 Å². The molecule has 1 aliphatic rings. The summed E-state index contributed by atoms with van der Waals surface area (Å²) >= 11 is 0. The second kappa shape index (κ2) is 4.70. The summed E-state index contributed by atoms with van der Waals surface area (Å²) in [6.45, 7) is 4.91. The van der Waals surface area contributed by atoms with Crippen molar-refractivity contribution in [3.05, 3.63) is 47.9 Å². The van der Waals surface area contributed by atoms with Gasteiger partial charge in [0.05, 0.1) is 12.7 Å². The molecule has 0 saturated carbocycles. The molecule has 3 rings (SSSR count). The summed E-state index contributed by atoms with van der Waals surface area (Å²) in [5.41, 5.74) is 1.05. The highest BCUT2D eigenvalue weighted by molar-refractivity contribution is 5.38. The maximum absolute atomic E-state index is 6.01. The van der Waals surface area contributed by atoms with Crippen LogP contribution in [0.25, 0.3) is 0 Å². The molecule has 0 radical (unpaired) electrons. The predicted octanol–water partition coefficient (Wildman–Crippen LogP) is 3.07. The van der Waals surface area contributed by atoms with E-state index in [2.05, 4.69) is 30.4 Å². The zero-order valence-electron chi connectivity index (χ0n) is 11.2. The van der Waals surface area contributed by atoms with E-state index in [1.54, 1.807) is 6.20 Å². The molecule has 2 aromatic rings. The summed E-state index contributed by atoms with van der Waals surface area (Å²) in [6.07, 6.45) is 2.59. The Morgan fingerprint density at radius 3 is 2.95 bits per heavy atom. The van der Waals surface area contributed by atoms with Crippen LogP contribution in [0.5, 0.6) is 5.75 Å². The highest BCUT2D eigenvalue weighted by Crippen LogP contribution is 2.39. The van der Waals surface area contributed by atoms with Gasteiger partial charge in [0, 0.05) is 24.1 Å². The second-order valence-electron chi connectivity index (χ2n) is 5.52. The number of nitrogens with one attached hydrogen (secondary N) is 1. The van der Waals surface area contributed by atoms with Crippen LogP contribution in [0.3, 0.4) is 0 Å². The molecule has 0 spiro atoms. The molecule has 0 bridgehead atoms. The van der Waals surface area contributed by atoms with Gasteiger partial charge in [-0.3, -0.25) is 0 Å². The van der Waals surface area contributed by atoms with Gasteiger partial charge < -0.3 is 14.6 Å². The van der Waals surface area contributed by atoms with Crippen LogP contribution in [0.2, 0.25) is 0 Å². The highest BCUT2D eigenvalue weighted by Gasteiger charge is 2.33. The number of para-hydroxylation sites is 1. The van der Waals surface area contributed by atoms with E-state index in [0.717, 1.165) is 17.9 Å². The Kier molecular flexibility index (Phi) is 3.03. The van der Waals surface area contributed by atoms with Crippen molar-refractivity contribution in [2.24, 2.45) is 0 Å². The average Bonchev–Trinajstić information content (AvgIpc) is 2.87. The van der Waals surface area contributed by atoms with Gasteiger partial charge in [-0.15, -0.1) is 0 Å². The van der Waals surface area contributed by atoms with E-state index < -0.39 is 0 Å². The van der Waals surface area contributed by atoms with Crippen molar-refractivity contribution < 1.29 is 9.26 Å². The van der Waals surface area contributed by atoms with Crippen LogP contribution < -0.4 is 10.1 Å². The van der Waals surface area contributed by atoms with Crippen molar-refractivity contribution in [2.75, 3.05) is 0 Å². The quantitative estimate of drug-likeness (QED) is 0.919. The van der Waals surface area contributed by atoms with E-state index in [-0.39, 0.29) is 11.6 Å². The summed E-state index contributed by atoms with van der Waals surface area (Å²) in [4.78, 5) is 0. The van der Waals surface area contributed by atoms with Gasteiger partial charge in [-0.05, 0) is 19.9 Å². The number of ether oxygens (including phenoxy) is 1. The molecule has 0 saturated heterocycles. The fraction of sp³-hybridized carbons (Fsp3) is 0.400.